The lowest BCUT2D eigenvalue weighted by molar-refractivity contribution is 0.0501. The molecular weight excluding hydrogens is 276 g/mol. The van der Waals surface area contributed by atoms with Crippen LogP contribution in [-0.4, -0.2) is 23.3 Å². The van der Waals surface area contributed by atoms with E-state index in [1.165, 1.54) is 5.39 Å². The van der Waals surface area contributed by atoms with Crippen LogP contribution in [0.4, 0.5) is 4.79 Å². The second-order valence-electron chi connectivity index (χ2n) is 6.11. The van der Waals surface area contributed by atoms with Crippen molar-refractivity contribution in [2.75, 3.05) is 6.54 Å². The summed E-state index contributed by atoms with van der Waals surface area (Å²) in [5.74, 6) is 0. The van der Waals surface area contributed by atoms with Gasteiger partial charge in [0.05, 0.1) is 5.60 Å². The molecule has 116 valence electrons. The Kier molecular flexibility index (Phi) is 4.29. The van der Waals surface area contributed by atoms with Gasteiger partial charge in [-0.15, -0.1) is 0 Å². The van der Waals surface area contributed by atoms with Gasteiger partial charge in [0.1, 0.15) is 0 Å². The van der Waals surface area contributed by atoms with Crippen LogP contribution in [0, 0.1) is 0 Å². The molecule has 0 radical (unpaired) electrons. The maximum Gasteiger partial charge on any atom is 0.315 e. The van der Waals surface area contributed by atoms with Crippen LogP contribution >= 0.6 is 0 Å². The molecule has 3 rings (SSSR count). The van der Waals surface area contributed by atoms with E-state index in [-0.39, 0.29) is 6.03 Å². The Morgan fingerprint density at radius 3 is 2.59 bits per heavy atom. The topological polar surface area (TPSA) is 61.4 Å². The zero-order valence-corrected chi connectivity index (χ0v) is 12.6. The van der Waals surface area contributed by atoms with Crippen LogP contribution < -0.4 is 10.6 Å². The molecule has 4 heteroatoms. The van der Waals surface area contributed by atoms with Gasteiger partial charge in [0.15, 0.2) is 0 Å². The lowest BCUT2D eigenvalue weighted by Gasteiger charge is -2.22. The fourth-order valence-corrected chi connectivity index (χ4v) is 3.14. The number of nitrogens with one attached hydrogen (secondary N) is 2. The number of hydrogen-bond donors (Lipinski definition) is 3. The standard InChI is InChI=1S/C18H22N2O2/c21-17(20-13-18(22)10-3-4-11-18)19-12-15-8-5-7-14-6-1-2-9-16(14)15/h1-2,5-9,22H,3-4,10-13H2,(H2,19,20,21). The molecule has 4 nitrogen and oxygen atoms in total. The van der Waals surface area contributed by atoms with E-state index in [4.69, 9.17) is 0 Å². The van der Waals surface area contributed by atoms with Crippen molar-refractivity contribution >= 4 is 16.8 Å². The number of carbonyl (C=O) groups is 1. The van der Waals surface area contributed by atoms with Crippen LogP contribution in [0.25, 0.3) is 10.8 Å². The maximum absolute atomic E-state index is 11.9. The van der Waals surface area contributed by atoms with E-state index in [2.05, 4.69) is 28.8 Å². The number of aliphatic hydroxyl groups is 1. The van der Waals surface area contributed by atoms with Gasteiger partial charge in [0, 0.05) is 13.1 Å². The van der Waals surface area contributed by atoms with Gasteiger partial charge < -0.3 is 15.7 Å². The van der Waals surface area contributed by atoms with Gasteiger partial charge in [0.25, 0.3) is 0 Å². The molecule has 2 aromatic rings. The Bertz CT molecular complexity index is 658. The van der Waals surface area contributed by atoms with Crippen molar-refractivity contribution < 1.29 is 9.90 Å². The quantitative estimate of drug-likeness (QED) is 0.812. The normalized spacial score (nSPS) is 16.6. The highest BCUT2D eigenvalue weighted by Crippen LogP contribution is 2.28. The van der Waals surface area contributed by atoms with E-state index in [1.807, 2.05) is 24.3 Å². The average Bonchev–Trinajstić information content (AvgIpc) is 2.98. The lowest BCUT2D eigenvalue weighted by atomic mass is 10.0. The summed E-state index contributed by atoms with van der Waals surface area (Å²) in [4.78, 5) is 11.9. The van der Waals surface area contributed by atoms with Crippen LogP contribution in [0.15, 0.2) is 42.5 Å². The second-order valence-corrected chi connectivity index (χ2v) is 6.11. The van der Waals surface area contributed by atoms with Crippen LogP contribution in [0.3, 0.4) is 0 Å². The van der Waals surface area contributed by atoms with Gasteiger partial charge in [-0.3, -0.25) is 0 Å². The first-order chi connectivity index (χ1) is 10.7. The first-order valence-electron chi connectivity index (χ1n) is 7.87. The summed E-state index contributed by atoms with van der Waals surface area (Å²) in [6.45, 7) is 0.806. The zero-order chi connectivity index (χ0) is 15.4. The monoisotopic (exact) mass is 298 g/mol. The Morgan fingerprint density at radius 1 is 1.05 bits per heavy atom. The minimum Gasteiger partial charge on any atom is -0.388 e. The number of hydrogen-bond acceptors (Lipinski definition) is 2. The van der Waals surface area contributed by atoms with Crippen molar-refractivity contribution in [1.29, 1.82) is 0 Å². The van der Waals surface area contributed by atoms with Crippen molar-refractivity contribution in [2.45, 2.75) is 37.8 Å². The lowest BCUT2D eigenvalue weighted by Crippen LogP contribution is -2.44. The third kappa shape index (κ3) is 3.39. The van der Waals surface area contributed by atoms with Crippen LogP contribution in [0.2, 0.25) is 0 Å². The molecule has 0 saturated heterocycles. The Labute approximate surface area is 130 Å². The number of amides is 2. The Morgan fingerprint density at radius 2 is 1.77 bits per heavy atom. The predicted molar refractivity (Wildman–Crippen MR) is 87.6 cm³/mol. The number of carbonyl (C=O) groups excluding carboxylic acids is 1. The van der Waals surface area contributed by atoms with Crippen molar-refractivity contribution in [3.8, 4) is 0 Å². The van der Waals surface area contributed by atoms with E-state index in [9.17, 15) is 9.90 Å². The molecule has 0 bridgehead atoms. The van der Waals surface area contributed by atoms with Crippen molar-refractivity contribution in [1.82, 2.24) is 10.6 Å². The minimum absolute atomic E-state index is 0.228. The van der Waals surface area contributed by atoms with E-state index in [0.717, 1.165) is 36.6 Å². The molecule has 0 atom stereocenters. The average molecular weight is 298 g/mol. The first kappa shape index (κ1) is 14.9. The summed E-state index contributed by atoms with van der Waals surface area (Å²) in [5.41, 5.74) is 0.379. The SMILES string of the molecule is O=C(NCc1cccc2ccccc12)NCC1(O)CCCC1. The molecule has 0 heterocycles. The number of benzene rings is 2. The van der Waals surface area contributed by atoms with Gasteiger partial charge in [-0.2, -0.15) is 0 Å². The third-order valence-electron chi connectivity index (χ3n) is 4.43. The predicted octanol–water partition coefficient (Wildman–Crippen LogP) is 2.94. The third-order valence-corrected chi connectivity index (χ3v) is 4.43. The molecule has 1 aliphatic carbocycles. The maximum atomic E-state index is 11.9. The van der Waals surface area contributed by atoms with Gasteiger partial charge in [-0.25, -0.2) is 4.79 Å². The fraction of sp³-hybridized carbons (Fsp3) is 0.389. The minimum atomic E-state index is -0.712. The van der Waals surface area contributed by atoms with Gasteiger partial charge in [0.2, 0.25) is 0 Å². The Hall–Kier alpha value is -2.07. The molecule has 3 N–H and O–H groups in total. The summed E-state index contributed by atoms with van der Waals surface area (Å²) in [6.07, 6.45) is 3.62. The molecule has 2 amide bonds. The highest BCUT2D eigenvalue weighted by molar-refractivity contribution is 5.86. The summed E-state index contributed by atoms with van der Waals surface area (Å²) in [5, 5.41) is 18.2. The van der Waals surface area contributed by atoms with Crippen molar-refractivity contribution in [3.05, 3.63) is 48.0 Å². The van der Waals surface area contributed by atoms with Crippen LogP contribution in [-0.2, 0) is 6.54 Å². The molecule has 0 spiro atoms. The second kappa shape index (κ2) is 6.36. The molecule has 0 unspecified atom stereocenters. The summed E-state index contributed by atoms with van der Waals surface area (Å²) in [6, 6.07) is 14.0. The van der Waals surface area contributed by atoms with Crippen LogP contribution in [0.5, 0.6) is 0 Å². The van der Waals surface area contributed by atoms with E-state index in [1.54, 1.807) is 0 Å². The number of urea groups is 1. The van der Waals surface area contributed by atoms with Crippen LogP contribution in [0.1, 0.15) is 31.2 Å². The first-order valence-corrected chi connectivity index (χ1v) is 7.87. The van der Waals surface area contributed by atoms with E-state index < -0.39 is 5.60 Å². The summed E-state index contributed by atoms with van der Waals surface area (Å²) < 4.78 is 0. The molecule has 0 aromatic heterocycles. The smallest absolute Gasteiger partial charge is 0.315 e. The van der Waals surface area contributed by atoms with Gasteiger partial charge in [-0.1, -0.05) is 55.3 Å². The molecule has 0 aliphatic heterocycles. The molecule has 1 aliphatic rings. The van der Waals surface area contributed by atoms with E-state index in [0.29, 0.717) is 13.1 Å². The Balaban J connectivity index is 1.56. The largest absolute Gasteiger partial charge is 0.388 e. The van der Waals surface area contributed by atoms with Gasteiger partial charge in [-0.05, 0) is 29.2 Å². The zero-order valence-electron chi connectivity index (χ0n) is 12.6. The molecule has 2 aromatic carbocycles. The highest BCUT2D eigenvalue weighted by Gasteiger charge is 2.31. The summed E-state index contributed by atoms with van der Waals surface area (Å²) >= 11 is 0. The number of rotatable bonds is 4. The molecular formula is C18H22N2O2. The number of fused-ring (bicyclic) bond motifs is 1. The van der Waals surface area contributed by atoms with Crippen molar-refractivity contribution in [3.63, 3.8) is 0 Å². The molecule has 1 fully saturated rings. The van der Waals surface area contributed by atoms with E-state index >= 15 is 0 Å². The highest BCUT2D eigenvalue weighted by atomic mass is 16.3. The van der Waals surface area contributed by atoms with Crippen molar-refractivity contribution in [2.24, 2.45) is 0 Å². The summed E-state index contributed by atoms with van der Waals surface area (Å²) in [7, 11) is 0. The molecule has 1 saturated carbocycles. The molecule has 22 heavy (non-hydrogen) atoms. The van der Waals surface area contributed by atoms with Gasteiger partial charge >= 0.3 is 6.03 Å². The fourth-order valence-electron chi connectivity index (χ4n) is 3.14.